The summed E-state index contributed by atoms with van der Waals surface area (Å²) in [6, 6.07) is 9.96. The van der Waals surface area contributed by atoms with Crippen molar-refractivity contribution >= 4 is 33.0 Å². The second-order valence-corrected chi connectivity index (χ2v) is 10.4. The topological polar surface area (TPSA) is 129 Å². The molecule has 0 aromatic heterocycles. The molecule has 1 saturated heterocycles. The lowest BCUT2D eigenvalue weighted by Gasteiger charge is -2.19. The molecule has 2 N–H and O–H groups in total. The summed E-state index contributed by atoms with van der Waals surface area (Å²) in [5.74, 6) is -0.116. The lowest BCUT2D eigenvalue weighted by Crippen LogP contribution is -2.25. The highest BCUT2D eigenvalue weighted by atomic mass is 32.2. The van der Waals surface area contributed by atoms with Gasteiger partial charge in [-0.1, -0.05) is 0 Å². The van der Waals surface area contributed by atoms with Gasteiger partial charge >= 0.3 is 0 Å². The van der Waals surface area contributed by atoms with Crippen LogP contribution in [0.5, 0.6) is 23.0 Å². The van der Waals surface area contributed by atoms with E-state index in [9.17, 15) is 18.0 Å². The molecule has 35 heavy (non-hydrogen) atoms. The van der Waals surface area contributed by atoms with Crippen molar-refractivity contribution in [1.82, 2.24) is 0 Å². The van der Waals surface area contributed by atoms with Crippen LogP contribution in [0.1, 0.15) is 12.8 Å². The highest BCUT2D eigenvalue weighted by Gasteiger charge is 2.39. The summed E-state index contributed by atoms with van der Waals surface area (Å²) in [6.07, 6.45) is -0.111. The zero-order valence-corrected chi connectivity index (χ0v) is 20.9. The standard InChI is InChI=1S/C24H30N2O8S/c1-31-17-5-7-21(33-3)19(11-17)25-23(27)9-15-13-35(29,30)14-16(15)10-24(28)26-20-12-18(32-2)6-8-22(20)34-4/h5-8,11-12,15-16H,9-10,13-14H2,1-4H3,(H,25,27)(H,26,28). The number of benzene rings is 2. The summed E-state index contributed by atoms with van der Waals surface area (Å²) in [7, 11) is 2.60. The number of sulfone groups is 1. The largest absolute Gasteiger partial charge is 0.497 e. The van der Waals surface area contributed by atoms with E-state index in [-0.39, 0.29) is 36.2 Å². The Bertz CT molecular complexity index is 1100. The molecule has 1 aliphatic heterocycles. The Morgan fingerprint density at radius 1 is 0.743 bits per heavy atom. The minimum atomic E-state index is -3.38. The van der Waals surface area contributed by atoms with Crippen LogP contribution in [0, 0.1) is 11.8 Å². The van der Waals surface area contributed by atoms with Crippen LogP contribution in [-0.4, -0.2) is 60.2 Å². The van der Waals surface area contributed by atoms with Crippen molar-refractivity contribution in [3.05, 3.63) is 36.4 Å². The van der Waals surface area contributed by atoms with E-state index in [4.69, 9.17) is 18.9 Å². The SMILES string of the molecule is COc1ccc(OC)c(NC(=O)CC2CS(=O)(=O)CC2CC(=O)Nc2cc(OC)ccc2OC)c1. The maximum absolute atomic E-state index is 12.8. The van der Waals surface area contributed by atoms with Gasteiger partial charge in [-0.05, 0) is 36.1 Å². The summed E-state index contributed by atoms with van der Waals surface area (Å²) in [4.78, 5) is 25.6. The van der Waals surface area contributed by atoms with Gasteiger partial charge in [-0.15, -0.1) is 0 Å². The normalized spacial score (nSPS) is 18.4. The monoisotopic (exact) mass is 506 g/mol. The molecule has 0 bridgehead atoms. The second kappa shape index (κ2) is 11.3. The number of carbonyl (C=O) groups is 2. The number of amides is 2. The Morgan fingerprint density at radius 3 is 1.49 bits per heavy atom. The summed E-state index contributed by atoms with van der Waals surface area (Å²) in [5, 5.41) is 5.52. The lowest BCUT2D eigenvalue weighted by atomic mass is 9.89. The molecule has 11 heteroatoms. The third-order valence-corrected chi connectivity index (χ3v) is 7.73. The zero-order valence-electron chi connectivity index (χ0n) is 20.1. The molecular formula is C24H30N2O8S. The van der Waals surface area contributed by atoms with E-state index in [1.165, 1.54) is 28.4 Å². The maximum atomic E-state index is 12.8. The van der Waals surface area contributed by atoms with Crippen molar-refractivity contribution in [2.24, 2.45) is 11.8 Å². The Morgan fingerprint density at radius 2 is 1.14 bits per heavy atom. The molecule has 1 heterocycles. The van der Waals surface area contributed by atoms with Crippen molar-refractivity contribution in [3.63, 3.8) is 0 Å². The third kappa shape index (κ3) is 6.78. The van der Waals surface area contributed by atoms with Gasteiger partial charge in [-0.3, -0.25) is 9.59 Å². The molecule has 0 spiro atoms. The predicted molar refractivity (Wildman–Crippen MR) is 131 cm³/mol. The Kier molecular flexibility index (Phi) is 8.44. The summed E-state index contributed by atoms with van der Waals surface area (Å²) >= 11 is 0. The average Bonchev–Trinajstić information content (AvgIpc) is 3.10. The van der Waals surface area contributed by atoms with E-state index >= 15 is 0 Å². The van der Waals surface area contributed by atoms with Gasteiger partial charge in [-0.25, -0.2) is 8.42 Å². The number of ether oxygens (including phenoxy) is 4. The fourth-order valence-electron chi connectivity index (χ4n) is 4.15. The zero-order chi connectivity index (χ0) is 25.6. The molecule has 0 aliphatic carbocycles. The van der Waals surface area contributed by atoms with Gasteiger partial charge in [0.25, 0.3) is 0 Å². The fourth-order valence-corrected chi connectivity index (χ4v) is 6.37. The van der Waals surface area contributed by atoms with Crippen LogP contribution in [0.3, 0.4) is 0 Å². The number of hydrogen-bond acceptors (Lipinski definition) is 8. The first-order valence-electron chi connectivity index (χ1n) is 10.9. The van der Waals surface area contributed by atoms with Crippen molar-refractivity contribution < 1.29 is 37.0 Å². The molecule has 0 saturated carbocycles. The maximum Gasteiger partial charge on any atom is 0.224 e. The molecule has 190 valence electrons. The number of anilines is 2. The smallest absolute Gasteiger partial charge is 0.224 e. The molecular weight excluding hydrogens is 476 g/mol. The number of nitrogens with one attached hydrogen (secondary N) is 2. The van der Waals surface area contributed by atoms with Crippen molar-refractivity contribution in [2.45, 2.75) is 12.8 Å². The van der Waals surface area contributed by atoms with Gasteiger partial charge in [0.1, 0.15) is 23.0 Å². The molecule has 3 rings (SSSR count). The van der Waals surface area contributed by atoms with Gasteiger partial charge < -0.3 is 29.6 Å². The minimum absolute atomic E-state index is 0.0555. The van der Waals surface area contributed by atoms with Crippen molar-refractivity contribution in [1.29, 1.82) is 0 Å². The van der Waals surface area contributed by atoms with Crippen molar-refractivity contribution in [3.8, 4) is 23.0 Å². The summed E-state index contributed by atoms with van der Waals surface area (Å²) in [6.45, 7) is 0. The molecule has 0 radical (unpaired) electrons. The van der Waals surface area contributed by atoms with E-state index < -0.39 is 21.7 Å². The number of carbonyl (C=O) groups excluding carboxylic acids is 2. The van der Waals surface area contributed by atoms with Crippen LogP contribution in [0.4, 0.5) is 11.4 Å². The summed E-state index contributed by atoms with van der Waals surface area (Å²) < 4.78 is 45.7. The molecule has 2 amide bonds. The van der Waals surface area contributed by atoms with Crippen LogP contribution in [0.25, 0.3) is 0 Å². The van der Waals surface area contributed by atoms with Crippen LogP contribution in [0.2, 0.25) is 0 Å². The molecule has 1 aliphatic rings. The van der Waals surface area contributed by atoms with Crippen LogP contribution >= 0.6 is 0 Å². The summed E-state index contributed by atoms with van der Waals surface area (Å²) in [5.41, 5.74) is 0.828. The first kappa shape index (κ1) is 26.1. The molecule has 2 aromatic carbocycles. The fraction of sp³-hybridized carbons (Fsp3) is 0.417. The minimum Gasteiger partial charge on any atom is -0.497 e. The molecule has 10 nitrogen and oxygen atoms in total. The van der Waals surface area contributed by atoms with Crippen molar-refractivity contribution in [2.75, 3.05) is 50.6 Å². The molecule has 2 atom stereocenters. The van der Waals surface area contributed by atoms with Gasteiger partial charge in [0.15, 0.2) is 9.84 Å². The van der Waals surface area contributed by atoms with Crippen LogP contribution in [0.15, 0.2) is 36.4 Å². The third-order valence-electron chi connectivity index (χ3n) is 5.86. The van der Waals surface area contributed by atoms with E-state index in [2.05, 4.69) is 10.6 Å². The van der Waals surface area contributed by atoms with E-state index in [0.717, 1.165) is 0 Å². The van der Waals surface area contributed by atoms with Gasteiger partial charge in [0.05, 0.1) is 51.3 Å². The highest BCUT2D eigenvalue weighted by Crippen LogP contribution is 2.34. The second-order valence-electron chi connectivity index (χ2n) is 8.23. The molecule has 2 unspecified atom stereocenters. The van der Waals surface area contributed by atoms with E-state index in [1.54, 1.807) is 36.4 Å². The average molecular weight is 507 g/mol. The number of rotatable bonds is 10. The molecule has 2 aromatic rings. The number of hydrogen-bond donors (Lipinski definition) is 2. The molecule has 1 fully saturated rings. The van der Waals surface area contributed by atoms with E-state index in [1.807, 2.05) is 0 Å². The van der Waals surface area contributed by atoms with E-state index in [0.29, 0.717) is 34.4 Å². The Labute approximate surface area is 204 Å². The van der Waals surface area contributed by atoms with Crippen LogP contribution < -0.4 is 29.6 Å². The first-order chi connectivity index (χ1) is 16.7. The van der Waals surface area contributed by atoms with Crippen LogP contribution in [-0.2, 0) is 19.4 Å². The van der Waals surface area contributed by atoms with Gasteiger partial charge in [0.2, 0.25) is 11.8 Å². The van der Waals surface area contributed by atoms with Gasteiger partial charge in [-0.2, -0.15) is 0 Å². The van der Waals surface area contributed by atoms with Gasteiger partial charge in [0, 0.05) is 25.0 Å². The lowest BCUT2D eigenvalue weighted by molar-refractivity contribution is -0.119. The Balaban J connectivity index is 1.69. The first-order valence-corrected chi connectivity index (χ1v) is 12.7. The predicted octanol–water partition coefficient (Wildman–Crippen LogP) is 2.74. The highest BCUT2D eigenvalue weighted by molar-refractivity contribution is 7.91. The quantitative estimate of drug-likeness (QED) is 0.503. The Hall–Kier alpha value is -3.47. The number of methoxy groups -OCH3 is 4.